The molecule has 1 atom stereocenters. The van der Waals surface area contributed by atoms with Crippen LogP contribution < -0.4 is 11.1 Å². The first kappa shape index (κ1) is 21.5. The van der Waals surface area contributed by atoms with Gasteiger partial charge in [-0.2, -0.15) is 5.10 Å². The molecule has 1 aromatic carbocycles. The van der Waals surface area contributed by atoms with Gasteiger partial charge in [-0.05, 0) is 36.1 Å². The van der Waals surface area contributed by atoms with Crippen molar-refractivity contribution in [3.8, 4) is 11.1 Å². The Morgan fingerprint density at radius 1 is 1.16 bits per heavy atom. The summed E-state index contributed by atoms with van der Waals surface area (Å²) in [6, 6.07) is 9.34. The van der Waals surface area contributed by atoms with E-state index < -0.39 is 0 Å². The molecule has 3 heterocycles. The summed E-state index contributed by atoms with van der Waals surface area (Å²) in [5.74, 6) is 0.286. The van der Waals surface area contributed by atoms with Crippen molar-refractivity contribution in [2.24, 2.45) is 7.05 Å². The van der Waals surface area contributed by atoms with Gasteiger partial charge in [-0.15, -0.1) is 0 Å². The van der Waals surface area contributed by atoms with E-state index >= 15 is 0 Å². The van der Waals surface area contributed by atoms with Crippen molar-refractivity contribution in [1.82, 2.24) is 25.0 Å². The first-order chi connectivity index (χ1) is 15.3. The third-order valence-corrected chi connectivity index (χ3v) is 5.84. The van der Waals surface area contributed by atoms with Crippen LogP contribution >= 0.6 is 0 Å². The topological polar surface area (TPSA) is 106 Å². The predicted octanol–water partition coefficient (Wildman–Crippen LogP) is 2.83. The largest absolute Gasteiger partial charge is 0.383 e. The van der Waals surface area contributed by atoms with Crippen LogP contribution in [0.15, 0.2) is 48.9 Å². The lowest BCUT2D eigenvalue weighted by Crippen LogP contribution is -2.38. The van der Waals surface area contributed by atoms with Crippen LogP contribution in [0, 0.1) is 0 Å². The maximum Gasteiger partial charge on any atom is 0.255 e. The van der Waals surface area contributed by atoms with Gasteiger partial charge >= 0.3 is 0 Å². The zero-order valence-electron chi connectivity index (χ0n) is 18.6. The fourth-order valence-corrected chi connectivity index (χ4v) is 3.90. The minimum absolute atomic E-state index is 0.0168. The lowest BCUT2D eigenvalue weighted by Gasteiger charge is -2.18. The lowest BCUT2D eigenvalue weighted by atomic mass is 10.0. The van der Waals surface area contributed by atoms with Gasteiger partial charge in [0.2, 0.25) is 0 Å². The average molecular weight is 433 g/mol. The number of benzene rings is 1. The van der Waals surface area contributed by atoms with Crippen LogP contribution in [0.1, 0.15) is 52.5 Å². The van der Waals surface area contributed by atoms with Gasteiger partial charge in [-0.1, -0.05) is 26.0 Å². The van der Waals surface area contributed by atoms with Crippen molar-refractivity contribution >= 4 is 17.6 Å². The summed E-state index contributed by atoms with van der Waals surface area (Å²) in [5.41, 5.74) is 9.79. The highest BCUT2D eigenvalue weighted by Gasteiger charge is 2.29. The number of anilines is 1. The van der Waals surface area contributed by atoms with Crippen LogP contribution in [-0.2, 0) is 7.05 Å². The Bertz CT molecular complexity index is 1140. The molecule has 8 nitrogen and oxygen atoms in total. The van der Waals surface area contributed by atoms with E-state index in [1.54, 1.807) is 28.0 Å². The SMILES string of the molecule is CC(C)c1ccc(C(=O)N2CC[C@@H](NC(=O)c3cc(-c4cnn(C)c4)cnc3N)C2)cc1. The molecule has 3 N–H and O–H groups in total. The fraction of sp³-hybridized carbons (Fsp3) is 0.333. The summed E-state index contributed by atoms with van der Waals surface area (Å²) in [6.07, 6.45) is 5.88. The van der Waals surface area contributed by atoms with E-state index in [0.717, 1.165) is 11.1 Å². The zero-order valence-corrected chi connectivity index (χ0v) is 18.6. The van der Waals surface area contributed by atoms with Gasteiger partial charge in [-0.25, -0.2) is 4.98 Å². The molecule has 1 saturated heterocycles. The number of nitrogens with one attached hydrogen (secondary N) is 1. The first-order valence-corrected chi connectivity index (χ1v) is 10.8. The molecule has 0 saturated carbocycles. The summed E-state index contributed by atoms with van der Waals surface area (Å²) >= 11 is 0. The molecular weight excluding hydrogens is 404 g/mol. The Balaban J connectivity index is 1.41. The summed E-state index contributed by atoms with van der Waals surface area (Å²) in [5, 5.41) is 7.16. The number of amides is 2. The molecular formula is C24H28N6O2. The van der Waals surface area contributed by atoms with Gasteiger partial charge in [-0.3, -0.25) is 14.3 Å². The smallest absolute Gasteiger partial charge is 0.255 e. The van der Waals surface area contributed by atoms with E-state index in [-0.39, 0.29) is 23.7 Å². The third-order valence-electron chi connectivity index (χ3n) is 5.84. The molecule has 1 aliphatic heterocycles. The number of carbonyl (C=O) groups is 2. The van der Waals surface area contributed by atoms with Crippen molar-refractivity contribution in [2.75, 3.05) is 18.8 Å². The van der Waals surface area contributed by atoms with E-state index in [0.29, 0.717) is 36.6 Å². The number of pyridine rings is 1. The van der Waals surface area contributed by atoms with Gasteiger partial charge in [0.1, 0.15) is 5.82 Å². The molecule has 0 aliphatic carbocycles. The standard InChI is InChI=1S/C24H28N6O2/c1-15(2)16-4-6-17(7-5-16)24(32)30-9-8-20(14-30)28-23(31)21-10-18(11-26-22(21)25)19-12-27-29(3)13-19/h4-7,10-13,15,20H,8-9,14H2,1-3H3,(H2,25,26)(H,28,31)/t20-/m1/s1. The summed E-state index contributed by atoms with van der Waals surface area (Å²) in [7, 11) is 1.83. The highest BCUT2D eigenvalue weighted by Crippen LogP contribution is 2.22. The molecule has 2 amide bonds. The van der Waals surface area contributed by atoms with Crippen LogP contribution in [0.4, 0.5) is 5.82 Å². The van der Waals surface area contributed by atoms with E-state index in [1.165, 1.54) is 5.56 Å². The lowest BCUT2D eigenvalue weighted by molar-refractivity contribution is 0.0783. The number of hydrogen-bond donors (Lipinski definition) is 2. The van der Waals surface area contributed by atoms with Crippen molar-refractivity contribution in [3.63, 3.8) is 0 Å². The monoisotopic (exact) mass is 432 g/mol. The molecule has 1 aliphatic rings. The second-order valence-electron chi connectivity index (χ2n) is 8.55. The minimum atomic E-state index is -0.290. The van der Waals surface area contributed by atoms with E-state index in [4.69, 9.17) is 5.73 Å². The van der Waals surface area contributed by atoms with Gasteiger partial charge < -0.3 is 16.0 Å². The number of carbonyl (C=O) groups excluding carboxylic acids is 2. The maximum absolute atomic E-state index is 12.9. The number of nitrogen functional groups attached to an aromatic ring is 1. The number of nitrogens with two attached hydrogens (primary N) is 1. The minimum Gasteiger partial charge on any atom is -0.383 e. The van der Waals surface area contributed by atoms with Gasteiger partial charge in [0.25, 0.3) is 11.8 Å². The quantitative estimate of drug-likeness (QED) is 0.645. The molecule has 8 heteroatoms. The number of aryl methyl sites for hydroxylation is 1. The number of hydrogen-bond acceptors (Lipinski definition) is 5. The second kappa shape index (κ2) is 8.82. The Labute approximate surface area is 187 Å². The fourth-order valence-electron chi connectivity index (χ4n) is 3.90. The molecule has 1 fully saturated rings. The Hall–Kier alpha value is -3.68. The Kier molecular flexibility index (Phi) is 5.94. The molecule has 0 bridgehead atoms. The molecule has 3 aromatic rings. The van der Waals surface area contributed by atoms with Crippen LogP contribution in [0.5, 0.6) is 0 Å². The van der Waals surface area contributed by atoms with Gasteiger partial charge in [0.15, 0.2) is 0 Å². The Morgan fingerprint density at radius 3 is 2.56 bits per heavy atom. The summed E-state index contributed by atoms with van der Waals surface area (Å²) in [6.45, 7) is 5.31. The maximum atomic E-state index is 12.9. The van der Waals surface area contributed by atoms with E-state index in [2.05, 4.69) is 29.2 Å². The number of rotatable bonds is 5. The second-order valence-corrected chi connectivity index (χ2v) is 8.55. The molecule has 0 radical (unpaired) electrons. The number of likely N-dealkylation sites (tertiary alicyclic amines) is 1. The Morgan fingerprint density at radius 2 is 1.91 bits per heavy atom. The summed E-state index contributed by atoms with van der Waals surface area (Å²) in [4.78, 5) is 31.7. The van der Waals surface area contributed by atoms with Gasteiger partial charge in [0, 0.05) is 55.3 Å². The van der Waals surface area contributed by atoms with Crippen molar-refractivity contribution < 1.29 is 9.59 Å². The van der Waals surface area contributed by atoms with E-state index in [9.17, 15) is 9.59 Å². The number of aromatic nitrogens is 3. The molecule has 2 aromatic heterocycles. The normalized spacial score (nSPS) is 15.9. The first-order valence-electron chi connectivity index (χ1n) is 10.8. The van der Waals surface area contributed by atoms with Crippen LogP contribution in [0.3, 0.4) is 0 Å². The number of nitrogens with zero attached hydrogens (tertiary/aromatic N) is 4. The van der Waals surface area contributed by atoms with Crippen molar-refractivity contribution in [3.05, 3.63) is 65.6 Å². The zero-order chi connectivity index (χ0) is 22.8. The molecule has 166 valence electrons. The molecule has 0 unspecified atom stereocenters. The predicted molar refractivity (Wildman–Crippen MR) is 123 cm³/mol. The average Bonchev–Trinajstić information content (AvgIpc) is 3.42. The van der Waals surface area contributed by atoms with Crippen LogP contribution in [0.25, 0.3) is 11.1 Å². The molecule has 0 spiro atoms. The third kappa shape index (κ3) is 4.49. The van der Waals surface area contributed by atoms with Gasteiger partial charge in [0.05, 0.1) is 11.8 Å². The molecule has 4 rings (SSSR count). The highest BCUT2D eigenvalue weighted by molar-refractivity contribution is 6.00. The van der Waals surface area contributed by atoms with E-state index in [1.807, 2.05) is 37.5 Å². The summed E-state index contributed by atoms with van der Waals surface area (Å²) < 4.78 is 1.69. The van der Waals surface area contributed by atoms with Crippen molar-refractivity contribution in [2.45, 2.75) is 32.2 Å². The van der Waals surface area contributed by atoms with Crippen molar-refractivity contribution in [1.29, 1.82) is 0 Å². The van der Waals surface area contributed by atoms with Crippen LogP contribution in [0.2, 0.25) is 0 Å². The highest BCUT2D eigenvalue weighted by atomic mass is 16.2. The molecule has 32 heavy (non-hydrogen) atoms. The van der Waals surface area contributed by atoms with Crippen LogP contribution in [-0.4, -0.2) is 50.6 Å².